The predicted molar refractivity (Wildman–Crippen MR) is 92.5 cm³/mol. The van der Waals surface area contributed by atoms with Crippen molar-refractivity contribution < 1.29 is 9.53 Å². The van der Waals surface area contributed by atoms with Crippen molar-refractivity contribution in [3.8, 4) is 0 Å². The average molecular weight is 330 g/mol. The Morgan fingerprint density at radius 2 is 2.29 bits per heavy atom. The van der Waals surface area contributed by atoms with E-state index in [0.29, 0.717) is 19.6 Å². The van der Waals surface area contributed by atoms with Crippen LogP contribution in [-0.2, 0) is 16.1 Å². The number of fused-ring (bicyclic) bond motifs is 1. The summed E-state index contributed by atoms with van der Waals surface area (Å²) in [5.74, 6) is -0.141. The van der Waals surface area contributed by atoms with Crippen molar-refractivity contribution in [2.75, 3.05) is 6.61 Å². The van der Waals surface area contributed by atoms with Crippen molar-refractivity contribution in [1.82, 2.24) is 14.7 Å². The van der Waals surface area contributed by atoms with Gasteiger partial charge in [0.2, 0.25) is 5.91 Å². The third kappa shape index (κ3) is 2.50. The first-order chi connectivity index (χ1) is 11.3. The zero-order valence-corrected chi connectivity index (χ0v) is 14.8. The summed E-state index contributed by atoms with van der Waals surface area (Å²) in [4.78, 5) is 17.2. The highest BCUT2D eigenvalue weighted by atomic mass is 16.5. The zero-order valence-electron chi connectivity index (χ0n) is 14.8. The number of nitrogens with two attached hydrogens (primary N) is 1. The van der Waals surface area contributed by atoms with E-state index < -0.39 is 5.54 Å². The Morgan fingerprint density at radius 3 is 2.92 bits per heavy atom. The van der Waals surface area contributed by atoms with Gasteiger partial charge in [-0.05, 0) is 25.5 Å². The maximum Gasteiger partial charge on any atom is 0.241 e. The summed E-state index contributed by atoms with van der Waals surface area (Å²) in [5.41, 5.74) is 7.93. The summed E-state index contributed by atoms with van der Waals surface area (Å²) >= 11 is 0. The van der Waals surface area contributed by atoms with Crippen LogP contribution in [0, 0.1) is 12.3 Å². The van der Waals surface area contributed by atoms with Crippen LogP contribution in [0.25, 0.3) is 5.65 Å². The fourth-order valence-corrected chi connectivity index (χ4v) is 3.44. The lowest BCUT2D eigenvalue weighted by Gasteiger charge is -2.57. The number of pyridine rings is 1. The highest BCUT2D eigenvalue weighted by molar-refractivity contribution is 5.88. The summed E-state index contributed by atoms with van der Waals surface area (Å²) in [7, 11) is 0. The number of nitrogens with zero attached hydrogens (tertiary/aromatic N) is 2. The van der Waals surface area contributed by atoms with E-state index in [9.17, 15) is 4.79 Å². The molecule has 2 aromatic rings. The Morgan fingerprint density at radius 1 is 1.54 bits per heavy atom. The van der Waals surface area contributed by atoms with Crippen LogP contribution in [0.3, 0.4) is 0 Å². The SMILES string of the molecule is CCOC1CC(N)(C(=O)NCc2cn3cccc(C)c3n2)C1(C)C. The number of ether oxygens (including phenoxy) is 1. The quantitative estimate of drug-likeness (QED) is 0.876. The lowest BCUT2D eigenvalue weighted by Crippen LogP contribution is -2.75. The Balaban J connectivity index is 1.68. The van der Waals surface area contributed by atoms with E-state index >= 15 is 0 Å². The van der Waals surface area contributed by atoms with Gasteiger partial charge in [0.1, 0.15) is 11.2 Å². The molecule has 1 saturated carbocycles. The van der Waals surface area contributed by atoms with Crippen LogP contribution in [-0.4, -0.2) is 33.5 Å². The smallest absolute Gasteiger partial charge is 0.241 e. The largest absolute Gasteiger partial charge is 0.378 e. The number of carbonyl (C=O) groups is 1. The third-order valence-electron chi connectivity index (χ3n) is 5.39. The number of aromatic nitrogens is 2. The minimum absolute atomic E-state index is 0.0242. The Hall–Kier alpha value is -1.92. The molecule has 0 aliphatic heterocycles. The third-order valence-corrected chi connectivity index (χ3v) is 5.39. The second-order valence-corrected chi connectivity index (χ2v) is 7.18. The Kier molecular flexibility index (Phi) is 4.13. The first-order valence-corrected chi connectivity index (χ1v) is 8.41. The van der Waals surface area contributed by atoms with Gasteiger partial charge in [-0.25, -0.2) is 4.98 Å². The van der Waals surface area contributed by atoms with Crippen molar-refractivity contribution in [1.29, 1.82) is 0 Å². The number of amides is 1. The summed E-state index contributed by atoms with van der Waals surface area (Å²) in [6.07, 6.45) is 4.45. The maximum atomic E-state index is 12.6. The standard InChI is InChI=1S/C18H26N4O2/c1-5-24-14-9-18(19,17(14,3)4)16(23)20-10-13-11-22-8-6-7-12(2)15(22)21-13/h6-8,11,14H,5,9-10,19H2,1-4H3,(H,20,23). The minimum Gasteiger partial charge on any atom is -0.378 e. The molecule has 2 heterocycles. The molecular weight excluding hydrogens is 304 g/mol. The molecule has 1 aliphatic rings. The van der Waals surface area contributed by atoms with Crippen LogP contribution in [0.15, 0.2) is 24.5 Å². The van der Waals surface area contributed by atoms with Crippen LogP contribution >= 0.6 is 0 Å². The van der Waals surface area contributed by atoms with Crippen molar-refractivity contribution in [3.05, 3.63) is 35.8 Å². The Bertz CT molecular complexity index is 767. The van der Waals surface area contributed by atoms with E-state index in [0.717, 1.165) is 16.9 Å². The van der Waals surface area contributed by atoms with Gasteiger partial charge in [0.05, 0.1) is 18.3 Å². The molecule has 6 nitrogen and oxygen atoms in total. The fraction of sp³-hybridized carbons (Fsp3) is 0.556. The number of hydrogen-bond acceptors (Lipinski definition) is 4. The molecule has 0 saturated heterocycles. The van der Waals surface area contributed by atoms with Crippen LogP contribution in [0.5, 0.6) is 0 Å². The van der Waals surface area contributed by atoms with Crippen molar-refractivity contribution >= 4 is 11.6 Å². The zero-order chi connectivity index (χ0) is 17.5. The molecule has 24 heavy (non-hydrogen) atoms. The molecule has 1 aliphatic carbocycles. The van der Waals surface area contributed by atoms with Gasteiger partial charge in [0.25, 0.3) is 0 Å². The van der Waals surface area contributed by atoms with Crippen LogP contribution in [0.2, 0.25) is 0 Å². The van der Waals surface area contributed by atoms with Gasteiger partial charge in [0.15, 0.2) is 0 Å². The molecule has 0 radical (unpaired) electrons. The van der Waals surface area contributed by atoms with Crippen LogP contribution in [0.4, 0.5) is 0 Å². The van der Waals surface area contributed by atoms with Crippen molar-refractivity contribution in [3.63, 3.8) is 0 Å². The number of rotatable bonds is 5. The van der Waals surface area contributed by atoms with Gasteiger partial charge in [0, 0.05) is 30.8 Å². The van der Waals surface area contributed by atoms with E-state index in [1.54, 1.807) is 0 Å². The number of hydrogen-bond donors (Lipinski definition) is 2. The molecule has 3 rings (SSSR count). The van der Waals surface area contributed by atoms with Crippen LogP contribution in [0.1, 0.15) is 38.4 Å². The van der Waals surface area contributed by atoms with Gasteiger partial charge in [-0.1, -0.05) is 19.9 Å². The number of aryl methyl sites for hydroxylation is 1. The van der Waals surface area contributed by atoms with Gasteiger partial charge >= 0.3 is 0 Å². The van der Waals surface area contributed by atoms with Gasteiger partial charge in [-0.15, -0.1) is 0 Å². The minimum atomic E-state index is -0.901. The van der Waals surface area contributed by atoms with E-state index in [1.165, 1.54) is 0 Å². The van der Waals surface area contributed by atoms with E-state index in [-0.39, 0.29) is 17.4 Å². The molecule has 1 amide bonds. The molecule has 6 heteroatoms. The molecular formula is C18H26N4O2. The fourth-order valence-electron chi connectivity index (χ4n) is 3.44. The molecule has 0 bridgehead atoms. The molecule has 0 aromatic carbocycles. The number of imidazole rings is 1. The predicted octanol–water partition coefficient (Wildman–Crippen LogP) is 1.79. The van der Waals surface area contributed by atoms with Gasteiger partial charge in [-0.3, -0.25) is 4.79 Å². The second kappa shape index (κ2) is 5.86. The van der Waals surface area contributed by atoms with Gasteiger partial charge in [-0.2, -0.15) is 0 Å². The number of carbonyl (C=O) groups excluding carboxylic acids is 1. The summed E-state index contributed by atoms with van der Waals surface area (Å²) in [6.45, 7) is 8.96. The molecule has 1 fully saturated rings. The lowest BCUT2D eigenvalue weighted by atomic mass is 9.54. The van der Waals surface area contributed by atoms with E-state index in [2.05, 4.69) is 10.3 Å². The van der Waals surface area contributed by atoms with Crippen LogP contribution < -0.4 is 11.1 Å². The lowest BCUT2D eigenvalue weighted by molar-refractivity contribution is -0.170. The van der Waals surface area contributed by atoms with Crippen molar-refractivity contribution in [2.45, 2.75) is 52.3 Å². The normalized spacial score (nSPS) is 25.5. The monoisotopic (exact) mass is 330 g/mol. The maximum absolute atomic E-state index is 12.6. The Labute approximate surface area is 142 Å². The van der Waals surface area contributed by atoms with Gasteiger partial charge < -0.3 is 20.2 Å². The molecule has 2 atom stereocenters. The van der Waals surface area contributed by atoms with Crippen molar-refractivity contribution in [2.24, 2.45) is 11.1 Å². The molecule has 2 aromatic heterocycles. The summed E-state index contributed by atoms with van der Waals surface area (Å²) in [5, 5.41) is 2.94. The number of nitrogens with one attached hydrogen (secondary N) is 1. The summed E-state index contributed by atoms with van der Waals surface area (Å²) in [6, 6.07) is 4.00. The topological polar surface area (TPSA) is 81.6 Å². The van der Waals surface area contributed by atoms with E-state index in [4.69, 9.17) is 10.5 Å². The summed E-state index contributed by atoms with van der Waals surface area (Å²) < 4.78 is 7.64. The average Bonchev–Trinajstić information content (AvgIpc) is 2.96. The first kappa shape index (κ1) is 16.9. The highest BCUT2D eigenvalue weighted by Gasteiger charge is 2.62. The highest BCUT2D eigenvalue weighted by Crippen LogP contribution is 2.49. The second-order valence-electron chi connectivity index (χ2n) is 7.18. The first-order valence-electron chi connectivity index (χ1n) is 8.41. The molecule has 0 spiro atoms. The van der Waals surface area contributed by atoms with E-state index in [1.807, 2.05) is 56.6 Å². The molecule has 2 unspecified atom stereocenters. The molecule has 130 valence electrons. The molecule has 3 N–H and O–H groups in total.